The second kappa shape index (κ2) is 6.19. The highest BCUT2D eigenvalue weighted by atomic mass is 35.5. The van der Waals surface area contributed by atoms with Crippen LogP contribution in [0.3, 0.4) is 0 Å². The van der Waals surface area contributed by atoms with Crippen LogP contribution in [0.5, 0.6) is 5.75 Å². The maximum Gasteiger partial charge on any atom is 0.197 e. The molecule has 0 aliphatic rings. The number of rotatable bonds is 4. The minimum absolute atomic E-state index is 0.113. The molecule has 21 heavy (non-hydrogen) atoms. The van der Waals surface area contributed by atoms with Gasteiger partial charge in [0, 0.05) is 16.3 Å². The highest BCUT2D eigenvalue weighted by Gasteiger charge is 2.20. The zero-order valence-corrected chi connectivity index (χ0v) is 13.1. The predicted molar refractivity (Wildman–Crippen MR) is 86.4 cm³/mol. The summed E-state index contributed by atoms with van der Waals surface area (Å²) in [6.45, 7) is 6.11. The van der Waals surface area contributed by atoms with Gasteiger partial charge in [-0.15, -0.1) is 0 Å². The number of hydrogen-bond acceptors (Lipinski definition) is 3. The molecule has 0 saturated carbocycles. The van der Waals surface area contributed by atoms with Crippen LogP contribution in [0.1, 0.15) is 34.0 Å². The quantitative estimate of drug-likeness (QED) is 0.681. The van der Waals surface area contributed by atoms with Crippen LogP contribution in [0, 0.1) is 13.8 Å². The van der Waals surface area contributed by atoms with E-state index in [1.165, 1.54) is 0 Å². The number of benzene rings is 2. The Hall–Kier alpha value is -2.00. The first kappa shape index (κ1) is 15.4. The van der Waals surface area contributed by atoms with Crippen LogP contribution in [-0.4, -0.2) is 12.4 Å². The zero-order valence-electron chi connectivity index (χ0n) is 12.4. The molecule has 0 amide bonds. The van der Waals surface area contributed by atoms with Crippen molar-refractivity contribution in [2.75, 3.05) is 12.3 Å². The zero-order chi connectivity index (χ0) is 15.6. The van der Waals surface area contributed by atoms with Crippen LogP contribution in [0.15, 0.2) is 30.3 Å². The molecule has 0 radical (unpaired) electrons. The topological polar surface area (TPSA) is 52.3 Å². The number of carbonyl (C=O) groups excluding carboxylic acids is 1. The van der Waals surface area contributed by atoms with E-state index in [9.17, 15) is 4.79 Å². The molecule has 0 aromatic heterocycles. The average molecular weight is 304 g/mol. The fourth-order valence-electron chi connectivity index (χ4n) is 2.25. The molecule has 2 aromatic rings. The molecular formula is C17H18ClNO2. The number of halogens is 1. The van der Waals surface area contributed by atoms with Gasteiger partial charge in [-0.1, -0.05) is 11.6 Å². The summed E-state index contributed by atoms with van der Waals surface area (Å²) < 4.78 is 5.62. The first-order chi connectivity index (χ1) is 9.95. The largest absolute Gasteiger partial charge is 0.493 e. The van der Waals surface area contributed by atoms with Crippen LogP contribution in [0.25, 0.3) is 0 Å². The van der Waals surface area contributed by atoms with Crippen molar-refractivity contribution in [2.45, 2.75) is 20.8 Å². The number of nitrogens with two attached hydrogens (primary N) is 1. The maximum atomic E-state index is 12.8. The lowest BCUT2D eigenvalue weighted by molar-refractivity contribution is 0.103. The minimum atomic E-state index is -0.113. The highest BCUT2D eigenvalue weighted by Crippen LogP contribution is 2.33. The third-order valence-corrected chi connectivity index (χ3v) is 3.93. The van der Waals surface area contributed by atoms with E-state index in [1.54, 1.807) is 24.3 Å². The lowest BCUT2D eigenvalue weighted by Crippen LogP contribution is -2.09. The van der Waals surface area contributed by atoms with E-state index in [1.807, 2.05) is 26.8 Å². The Balaban J connectivity index is 2.58. The fraction of sp³-hybridized carbons (Fsp3) is 0.235. The monoisotopic (exact) mass is 303 g/mol. The highest BCUT2D eigenvalue weighted by molar-refractivity contribution is 6.33. The summed E-state index contributed by atoms with van der Waals surface area (Å²) in [7, 11) is 0. The Morgan fingerprint density at radius 2 is 1.86 bits per heavy atom. The normalized spacial score (nSPS) is 10.5. The molecule has 0 heterocycles. The fourth-order valence-corrected chi connectivity index (χ4v) is 2.40. The molecule has 0 saturated heterocycles. The summed E-state index contributed by atoms with van der Waals surface area (Å²) in [5.41, 5.74) is 8.99. The summed E-state index contributed by atoms with van der Waals surface area (Å²) in [5, 5.41) is 0.595. The molecule has 0 fully saturated rings. The van der Waals surface area contributed by atoms with Crippen LogP contribution < -0.4 is 10.5 Å². The van der Waals surface area contributed by atoms with Crippen molar-refractivity contribution >= 4 is 23.1 Å². The summed E-state index contributed by atoms with van der Waals surface area (Å²) in [4.78, 5) is 12.8. The van der Waals surface area contributed by atoms with E-state index in [2.05, 4.69) is 0 Å². The molecule has 4 heteroatoms. The Bertz CT molecular complexity index is 678. The Labute approximate surface area is 129 Å². The molecule has 0 aliphatic carbocycles. The number of aryl methyl sites for hydroxylation is 1. The van der Waals surface area contributed by atoms with Crippen molar-refractivity contribution in [3.8, 4) is 5.75 Å². The summed E-state index contributed by atoms with van der Waals surface area (Å²) >= 11 is 6.28. The van der Waals surface area contributed by atoms with Gasteiger partial charge in [-0.25, -0.2) is 0 Å². The van der Waals surface area contributed by atoms with Gasteiger partial charge in [0.25, 0.3) is 0 Å². The number of carbonyl (C=O) groups is 1. The van der Waals surface area contributed by atoms with Gasteiger partial charge in [-0.05, 0) is 62.2 Å². The number of anilines is 1. The summed E-state index contributed by atoms with van der Waals surface area (Å²) in [5.74, 6) is 0.455. The molecule has 0 spiro atoms. The van der Waals surface area contributed by atoms with Gasteiger partial charge >= 0.3 is 0 Å². The Kier molecular flexibility index (Phi) is 4.53. The van der Waals surface area contributed by atoms with Gasteiger partial charge in [0.2, 0.25) is 0 Å². The maximum absolute atomic E-state index is 12.8. The number of nitrogen functional groups attached to an aromatic ring is 1. The molecule has 2 rings (SSSR count). The van der Waals surface area contributed by atoms with Crippen molar-refractivity contribution in [1.29, 1.82) is 0 Å². The van der Waals surface area contributed by atoms with Crippen molar-refractivity contribution < 1.29 is 9.53 Å². The molecule has 0 unspecified atom stereocenters. The van der Waals surface area contributed by atoms with Crippen molar-refractivity contribution in [2.24, 2.45) is 0 Å². The van der Waals surface area contributed by atoms with Gasteiger partial charge < -0.3 is 10.5 Å². The standard InChI is InChI=1S/C17H18ClNO2/c1-4-21-14-9-10(2)16(18)11(3)15(14)17(20)12-5-7-13(19)8-6-12/h5-9H,4,19H2,1-3H3. The lowest BCUT2D eigenvalue weighted by Gasteiger charge is -2.15. The molecule has 3 nitrogen and oxygen atoms in total. The summed E-state index contributed by atoms with van der Waals surface area (Å²) in [6.07, 6.45) is 0. The lowest BCUT2D eigenvalue weighted by atomic mass is 9.96. The van der Waals surface area contributed by atoms with Gasteiger partial charge in [0.15, 0.2) is 5.78 Å². The van der Waals surface area contributed by atoms with Crippen LogP contribution in [0.4, 0.5) is 5.69 Å². The van der Waals surface area contributed by atoms with E-state index < -0.39 is 0 Å². The van der Waals surface area contributed by atoms with E-state index in [4.69, 9.17) is 22.1 Å². The molecule has 0 bridgehead atoms. The van der Waals surface area contributed by atoms with Crippen molar-refractivity contribution in [3.63, 3.8) is 0 Å². The molecule has 0 aliphatic heterocycles. The average Bonchev–Trinajstić information content (AvgIpc) is 2.46. The van der Waals surface area contributed by atoms with E-state index in [0.29, 0.717) is 34.2 Å². The molecule has 0 atom stereocenters. The molecule has 110 valence electrons. The first-order valence-corrected chi connectivity index (χ1v) is 7.16. The Morgan fingerprint density at radius 1 is 1.24 bits per heavy atom. The number of ketones is 1. The van der Waals surface area contributed by atoms with Crippen LogP contribution in [-0.2, 0) is 0 Å². The van der Waals surface area contributed by atoms with E-state index >= 15 is 0 Å². The third kappa shape index (κ3) is 3.03. The molecule has 2 N–H and O–H groups in total. The third-order valence-electron chi connectivity index (χ3n) is 3.34. The van der Waals surface area contributed by atoms with Crippen molar-refractivity contribution in [1.82, 2.24) is 0 Å². The van der Waals surface area contributed by atoms with Gasteiger partial charge in [-0.3, -0.25) is 4.79 Å². The number of ether oxygens (including phenoxy) is 1. The summed E-state index contributed by atoms with van der Waals surface area (Å²) in [6, 6.07) is 8.64. The minimum Gasteiger partial charge on any atom is -0.493 e. The smallest absolute Gasteiger partial charge is 0.197 e. The Morgan fingerprint density at radius 3 is 2.43 bits per heavy atom. The SMILES string of the molecule is CCOc1cc(C)c(Cl)c(C)c1C(=O)c1ccc(N)cc1. The molecular weight excluding hydrogens is 286 g/mol. The first-order valence-electron chi connectivity index (χ1n) is 6.78. The van der Waals surface area contributed by atoms with Gasteiger partial charge in [0.1, 0.15) is 5.75 Å². The van der Waals surface area contributed by atoms with Gasteiger partial charge in [-0.2, -0.15) is 0 Å². The number of hydrogen-bond donors (Lipinski definition) is 1. The van der Waals surface area contributed by atoms with E-state index in [0.717, 1.165) is 11.1 Å². The molecule has 2 aromatic carbocycles. The van der Waals surface area contributed by atoms with Crippen LogP contribution in [0.2, 0.25) is 5.02 Å². The predicted octanol–water partition coefficient (Wildman–Crippen LogP) is 4.17. The van der Waals surface area contributed by atoms with Crippen molar-refractivity contribution in [3.05, 3.63) is 57.6 Å². The van der Waals surface area contributed by atoms with Gasteiger partial charge in [0.05, 0.1) is 12.2 Å². The van der Waals surface area contributed by atoms with Crippen LogP contribution >= 0.6 is 11.6 Å². The van der Waals surface area contributed by atoms with E-state index in [-0.39, 0.29) is 5.78 Å². The second-order valence-corrected chi connectivity index (χ2v) is 5.27. The second-order valence-electron chi connectivity index (χ2n) is 4.89.